The van der Waals surface area contributed by atoms with Crippen molar-refractivity contribution in [1.29, 1.82) is 0 Å². The van der Waals surface area contributed by atoms with E-state index in [1.165, 1.54) is 24.3 Å². The molecule has 0 saturated carbocycles. The van der Waals surface area contributed by atoms with Crippen molar-refractivity contribution in [3.05, 3.63) is 53.3 Å². The number of thiophene rings is 1. The fourth-order valence-electron chi connectivity index (χ4n) is 3.96. The highest BCUT2D eigenvalue weighted by Crippen LogP contribution is 2.37. The van der Waals surface area contributed by atoms with Crippen molar-refractivity contribution in [2.75, 3.05) is 24.1 Å². The van der Waals surface area contributed by atoms with Gasteiger partial charge in [0.2, 0.25) is 0 Å². The first-order valence-electron chi connectivity index (χ1n) is 9.82. The van der Waals surface area contributed by atoms with E-state index in [4.69, 9.17) is 0 Å². The number of halogens is 2. The Morgan fingerprint density at radius 2 is 1.75 bits per heavy atom. The zero-order chi connectivity index (χ0) is 22.4. The molecule has 0 amide bonds. The van der Waals surface area contributed by atoms with Crippen molar-refractivity contribution >= 4 is 59.4 Å². The smallest absolute Gasteiger partial charge is 0.271 e. The summed E-state index contributed by atoms with van der Waals surface area (Å²) in [5, 5.41) is 3.80. The Morgan fingerprint density at radius 1 is 1.06 bits per heavy atom. The Labute approximate surface area is 197 Å². The maximum absolute atomic E-state index is 13.6. The summed E-state index contributed by atoms with van der Waals surface area (Å²) in [7, 11) is -7.75. The van der Waals surface area contributed by atoms with E-state index in [9.17, 15) is 21.2 Å². The molecule has 3 aromatic rings. The molecule has 0 aliphatic carbocycles. The minimum Gasteiger partial charge on any atom is -0.317 e. The summed E-state index contributed by atoms with van der Waals surface area (Å²) >= 11 is 1.02. The molecule has 11 heteroatoms. The normalized spacial score (nSPS) is 15.5. The number of sulfonamides is 1. The van der Waals surface area contributed by atoms with Crippen molar-refractivity contribution in [2.24, 2.45) is 0 Å². The first-order valence-corrected chi connectivity index (χ1v) is 14.0. The molecule has 1 saturated heterocycles. The van der Waals surface area contributed by atoms with Crippen molar-refractivity contribution < 1.29 is 21.2 Å². The maximum Gasteiger partial charge on any atom is 0.271 e. The third kappa shape index (κ3) is 4.94. The second kappa shape index (κ2) is 9.26. The SMILES string of the molecule is Cc1c(S(=O)(=O)Nc2ccc(C3CCNCC3)cc2S(C)(=O)=O)sc2ccc(F)cc12.Cl. The van der Waals surface area contributed by atoms with Crippen LogP contribution in [0.2, 0.25) is 0 Å². The van der Waals surface area contributed by atoms with Gasteiger partial charge in [-0.3, -0.25) is 4.72 Å². The largest absolute Gasteiger partial charge is 0.317 e. The third-order valence-corrected chi connectivity index (χ3v) is 9.95. The quantitative estimate of drug-likeness (QED) is 0.521. The molecule has 1 aliphatic rings. The lowest BCUT2D eigenvalue weighted by Gasteiger charge is -2.24. The van der Waals surface area contributed by atoms with Crippen LogP contribution in [-0.2, 0) is 19.9 Å². The number of hydrogen-bond acceptors (Lipinski definition) is 6. The van der Waals surface area contributed by atoms with Crippen LogP contribution < -0.4 is 10.0 Å². The van der Waals surface area contributed by atoms with Gasteiger partial charge >= 0.3 is 0 Å². The minimum atomic E-state index is -4.07. The van der Waals surface area contributed by atoms with Gasteiger partial charge in [-0.05, 0) is 85.6 Å². The van der Waals surface area contributed by atoms with Gasteiger partial charge in [0.1, 0.15) is 10.0 Å². The molecule has 0 unspecified atom stereocenters. The lowest BCUT2D eigenvalue weighted by atomic mass is 9.90. The molecule has 2 aromatic carbocycles. The van der Waals surface area contributed by atoms with E-state index in [2.05, 4.69) is 10.0 Å². The molecule has 2 N–H and O–H groups in total. The summed E-state index contributed by atoms with van der Waals surface area (Å²) in [6.07, 6.45) is 2.86. The Bertz CT molecular complexity index is 1370. The van der Waals surface area contributed by atoms with Crippen LogP contribution in [0.15, 0.2) is 45.5 Å². The number of hydrogen-bond donors (Lipinski definition) is 2. The van der Waals surface area contributed by atoms with Gasteiger partial charge in [-0.15, -0.1) is 23.7 Å². The van der Waals surface area contributed by atoms with Crippen LogP contribution in [0, 0.1) is 12.7 Å². The molecule has 32 heavy (non-hydrogen) atoms. The zero-order valence-electron chi connectivity index (χ0n) is 17.5. The minimum absolute atomic E-state index is 0. The van der Waals surface area contributed by atoms with Gasteiger partial charge in [0, 0.05) is 11.0 Å². The molecule has 1 aliphatic heterocycles. The van der Waals surface area contributed by atoms with Gasteiger partial charge < -0.3 is 5.32 Å². The van der Waals surface area contributed by atoms with Crippen LogP contribution in [0.1, 0.15) is 29.9 Å². The summed E-state index contributed by atoms with van der Waals surface area (Å²) in [4.78, 5) is -0.0445. The summed E-state index contributed by atoms with van der Waals surface area (Å²) in [6, 6.07) is 9.01. The number of fused-ring (bicyclic) bond motifs is 1. The van der Waals surface area contributed by atoms with Gasteiger partial charge in [-0.1, -0.05) is 6.07 Å². The van der Waals surface area contributed by atoms with E-state index in [1.54, 1.807) is 19.1 Å². The molecular weight excluding hydrogens is 495 g/mol. The Kier molecular flexibility index (Phi) is 7.21. The Morgan fingerprint density at radius 3 is 2.41 bits per heavy atom. The number of anilines is 1. The van der Waals surface area contributed by atoms with E-state index >= 15 is 0 Å². The summed E-state index contributed by atoms with van der Waals surface area (Å²) < 4.78 is 68.0. The Hall–Kier alpha value is -1.72. The van der Waals surface area contributed by atoms with Crippen molar-refractivity contribution in [1.82, 2.24) is 5.32 Å². The van der Waals surface area contributed by atoms with E-state index < -0.39 is 25.7 Å². The van der Waals surface area contributed by atoms with E-state index in [0.29, 0.717) is 15.6 Å². The van der Waals surface area contributed by atoms with Crippen LogP contribution in [0.4, 0.5) is 10.1 Å². The second-order valence-corrected chi connectivity index (χ2v) is 12.7. The molecule has 1 aromatic heterocycles. The number of aryl methyl sites for hydroxylation is 1. The predicted molar refractivity (Wildman–Crippen MR) is 129 cm³/mol. The fraction of sp³-hybridized carbons (Fsp3) is 0.333. The Balaban J connectivity index is 0.00000289. The number of nitrogens with one attached hydrogen (secondary N) is 2. The van der Waals surface area contributed by atoms with Crippen LogP contribution in [0.5, 0.6) is 0 Å². The second-order valence-electron chi connectivity index (χ2n) is 7.81. The topological polar surface area (TPSA) is 92.3 Å². The predicted octanol–water partition coefficient (Wildman–Crippen LogP) is 4.44. The third-order valence-electron chi connectivity index (χ3n) is 5.56. The van der Waals surface area contributed by atoms with Gasteiger partial charge in [0.15, 0.2) is 9.84 Å². The average molecular weight is 519 g/mol. The molecule has 1 fully saturated rings. The molecule has 0 atom stereocenters. The number of sulfone groups is 1. The number of piperidine rings is 1. The fourth-order valence-corrected chi connectivity index (χ4v) is 7.72. The van der Waals surface area contributed by atoms with E-state index in [-0.39, 0.29) is 33.1 Å². The highest BCUT2D eigenvalue weighted by molar-refractivity contribution is 7.95. The highest BCUT2D eigenvalue weighted by Gasteiger charge is 2.26. The number of rotatable bonds is 5. The van der Waals surface area contributed by atoms with Crippen molar-refractivity contribution in [3.63, 3.8) is 0 Å². The van der Waals surface area contributed by atoms with Crippen LogP contribution in [0.3, 0.4) is 0 Å². The molecule has 0 bridgehead atoms. The van der Waals surface area contributed by atoms with E-state index in [1.807, 2.05) is 0 Å². The summed E-state index contributed by atoms with van der Waals surface area (Å²) in [5.74, 6) is -0.217. The van der Waals surface area contributed by atoms with Crippen molar-refractivity contribution in [3.8, 4) is 0 Å². The van der Waals surface area contributed by atoms with Crippen LogP contribution in [0.25, 0.3) is 10.1 Å². The first-order chi connectivity index (χ1) is 14.6. The van der Waals surface area contributed by atoms with Gasteiger partial charge in [-0.25, -0.2) is 21.2 Å². The highest BCUT2D eigenvalue weighted by atomic mass is 35.5. The zero-order valence-corrected chi connectivity index (χ0v) is 20.8. The summed E-state index contributed by atoms with van der Waals surface area (Å²) in [5.41, 5.74) is 1.33. The number of benzene rings is 2. The standard InChI is InChI=1S/C21H23FN2O4S3.ClH/c1-13-17-12-16(22)4-6-19(17)29-21(13)31(27,28)24-18-5-3-15(11-20(18)30(2,25)26)14-7-9-23-10-8-14;/h3-6,11-12,14,23-24H,7-10H2,1-2H3;1H. The first kappa shape index (κ1) is 24.9. The molecule has 174 valence electrons. The van der Waals surface area contributed by atoms with Gasteiger partial charge in [0.05, 0.1) is 10.6 Å². The van der Waals surface area contributed by atoms with Crippen LogP contribution in [-0.4, -0.2) is 36.2 Å². The molecular formula is C21H24ClFN2O4S3. The molecule has 6 nitrogen and oxygen atoms in total. The molecule has 2 heterocycles. The van der Waals surface area contributed by atoms with Gasteiger partial charge in [0.25, 0.3) is 10.0 Å². The maximum atomic E-state index is 13.6. The van der Waals surface area contributed by atoms with Crippen LogP contribution >= 0.6 is 23.7 Å². The lowest BCUT2D eigenvalue weighted by molar-refractivity contribution is 0.460. The summed E-state index contributed by atoms with van der Waals surface area (Å²) in [6.45, 7) is 3.34. The molecule has 4 rings (SSSR count). The average Bonchev–Trinajstić information content (AvgIpc) is 3.05. The van der Waals surface area contributed by atoms with Gasteiger partial charge in [-0.2, -0.15) is 0 Å². The lowest BCUT2D eigenvalue weighted by Crippen LogP contribution is -2.26. The van der Waals surface area contributed by atoms with E-state index in [0.717, 1.165) is 49.1 Å². The monoisotopic (exact) mass is 518 g/mol. The molecule has 0 spiro atoms. The van der Waals surface area contributed by atoms with Crippen molar-refractivity contribution in [2.45, 2.75) is 34.8 Å². The molecule has 0 radical (unpaired) electrons.